The molecule has 64 valence electrons. The molecule has 0 aromatic heterocycles. The summed E-state index contributed by atoms with van der Waals surface area (Å²) in [5, 5.41) is 9.03. The molecular formula is C5H10N2O4. The van der Waals surface area contributed by atoms with Crippen molar-refractivity contribution in [2.45, 2.75) is 19.9 Å². The number of esters is 1. The molecule has 0 rings (SSSR count). The van der Waals surface area contributed by atoms with Crippen LogP contribution in [0.1, 0.15) is 13.8 Å². The van der Waals surface area contributed by atoms with Crippen molar-refractivity contribution >= 4 is 5.97 Å². The molecule has 0 fully saturated rings. The summed E-state index contributed by atoms with van der Waals surface area (Å²) < 4.78 is 4.50. The van der Waals surface area contributed by atoms with E-state index in [9.17, 15) is 14.9 Å². The third-order valence-corrected chi connectivity index (χ3v) is 0.939. The van der Waals surface area contributed by atoms with Crippen LogP contribution in [0.2, 0.25) is 0 Å². The third-order valence-electron chi connectivity index (χ3n) is 0.939. The summed E-state index contributed by atoms with van der Waals surface area (Å²) in [7, 11) is 0. The molecule has 0 saturated heterocycles. The van der Waals surface area contributed by atoms with Crippen molar-refractivity contribution in [3.63, 3.8) is 0 Å². The molecule has 0 saturated carbocycles. The van der Waals surface area contributed by atoms with Crippen molar-refractivity contribution in [3.8, 4) is 0 Å². The smallest absolute Gasteiger partial charge is 0.334 e. The third kappa shape index (κ3) is 4.12. The first-order valence-corrected chi connectivity index (χ1v) is 3.15. The summed E-state index contributed by atoms with van der Waals surface area (Å²) in [6, 6.07) is -0.898. The van der Waals surface area contributed by atoms with Crippen molar-refractivity contribution in [2.24, 2.45) is 0 Å². The number of nitro groups is 1. The molecule has 0 aliphatic carbocycles. The molecule has 6 nitrogen and oxygen atoms in total. The van der Waals surface area contributed by atoms with Crippen LogP contribution in [0, 0.1) is 10.1 Å². The van der Waals surface area contributed by atoms with Crippen LogP contribution < -0.4 is 5.43 Å². The van der Waals surface area contributed by atoms with E-state index in [-0.39, 0.29) is 6.61 Å². The van der Waals surface area contributed by atoms with Crippen molar-refractivity contribution in [1.82, 2.24) is 5.43 Å². The zero-order chi connectivity index (χ0) is 8.85. The number of hydrogen-bond donors (Lipinski definition) is 1. The molecule has 0 radical (unpaired) electrons. The van der Waals surface area contributed by atoms with Crippen LogP contribution in [0.15, 0.2) is 0 Å². The first-order valence-electron chi connectivity index (χ1n) is 3.15. The number of ether oxygens (including phenoxy) is 1. The summed E-state index contributed by atoms with van der Waals surface area (Å²) in [5.41, 5.74) is 1.77. The van der Waals surface area contributed by atoms with Gasteiger partial charge in [-0.1, -0.05) is 0 Å². The Balaban J connectivity index is 3.73. The van der Waals surface area contributed by atoms with Gasteiger partial charge in [-0.05, 0) is 13.8 Å². The summed E-state index contributed by atoms with van der Waals surface area (Å²) in [6.07, 6.45) is 0. The molecule has 0 aliphatic rings. The van der Waals surface area contributed by atoms with Gasteiger partial charge in [0, 0.05) is 0 Å². The SMILES string of the molecule is CCOC(=O)[C@H](C)N[N+](=O)[O-]. The maximum absolute atomic E-state index is 10.7. The lowest BCUT2D eigenvalue weighted by Gasteiger charge is -2.05. The van der Waals surface area contributed by atoms with Crippen LogP contribution in [0.25, 0.3) is 0 Å². The molecular weight excluding hydrogens is 152 g/mol. The Morgan fingerprint density at radius 3 is 2.73 bits per heavy atom. The van der Waals surface area contributed by atoms with Gasteiger partial charge in [0.05, 0.1) is 6.61 Å². The minimum absolute atomic E-state index is 0.225. The highest BCUT2D eigenvalue weighted by Gasteiger charge is 2.17. The maximum atomic E-state index is 10.7. The van der Waals surface area contributed by atoms with Crippen LogP contribution in [-0.4, -0.2) is 23.7 Å². The van der Waals surface area contributed by atoms with Crippen molar-refractivity contribution in [2.75, 3.05) is 6.61 Å². The molecule has 1 N–H and O–H groups in total. The molecule has 0 aromatic carbocycles. The van der Waals surface area contributed by atoms with Crippen LogP contribution in [0.5, 0.6) is 0 Å². The van der Waals surface area contributed by atoms with E-state index in [2.05, 4.69) is 4.74 Å². The van der Waals surface area contributed by atoms with Crippen molar-refractivity contribution in [3.05, 3.63) is 10.1 Å². The number of hydrogen-bond acceptors (Lipinski definition) is 4. The standard InChI is InChI=1S/C5H10N2O4/c1-3-11-5(8)4(2)6-7(9)10/h4,6H,3H2,1-2H3/t4-/m0/s1. The fourth-order valence-corrected chi connectivity index (χ4v) is 0.478. The topological polar surface area (TPSA) is 81.5 Å². The number of nitrogens with one attached hydrogen (secondary N) is 1. The first-order chi connectivity index (χ1) is 5.07. The van der Waals surface area contributed by atoms with E-state index in [1.54, 1.807) is 12.3 Å². The van der Waals surface area contributed by atoms with E-state index in [1.807, 2.05) is 0 Å². The van der Waals surface area contributed by atoms with Crippen molar-refractivity contribution < 1.29 is 14.6 Å². The van der Waals surface area contributed by atoms with Crippen LogP contribution >= 0.6 is 0 Å². The van der Waals surface area contributed by atoms with Crippen LogP contribution in [0.4, 0.5) is 0 Å². The number of nitrogens with zero attached hydrogens (tertiary/aromatic N) is 1. The first kappa shape index (κ1) is 9.67. The second kappa shape index (κ2) is 4.48. The van der Waals surface area contributed by atoms with Gasteiger partial charge in [-0.25, -0.2) is 14.9 Å². The van der Waals surface area contributed by atoms with Gasteiger partial charge >= 0.3 is 5.97 Å². The minimum atomic E-state index is -0.898. The molecule has 0 unspecified atom stereocenters. The second-order valence-corrected chi connectivity index (χ2v) is 1.86. The zero-order valence-electron chi connectivity index (χ0n) is 6.36. The fraction of sp³-hybridized carbons (Fsp3) is 0.800. The summed E-state index contributed by atoms with van der Waals surface area (Å²) in [5.74, 6) is -0.621. The summed E-state index contributed by atoms with van der Waals surface area (Å²) in [4.78, 5) is 20.5. The number of rotatable bonds is 4. The van der Waals surface area contributed by atoms with E-state index in [1.165, 1.54) is 6.92 Å². The Kier molecular flexibility index (Phi) is 3.94. The van der Waals surface area contributed by atoms with Gasteiger partial charge in [0.1, 0.15) is 0 Å². The monoisotopic (exact) mass is 162 g/mol. The van der Waals surface area contributed by atoms with Gasteiger partial charge in [0.15, 0.2) is 11.1 Å². The Labute approximate surface area is 63.6 Å². The predicted molar refractivity (Wildman–Crippen MR) is 36.2 cm³/mol. The molecule has 0 bridgehead atoms. The molecule has 0 spiro atoms. The number of carbonyl (C=O) groups is 1. The molecule has 6 heteroatoms. The molecule has 11 heavy (non-hydrogen) atoms. The molecule has 0 heterocycles. The molecule has 1 atom stereocenters. The predicted octanol–water partition coefficient (Wildman–Crippen LogP) is -0.281. The Morgan fingerprint density at radius 2 is 2.36 bits per heavy atom. The highest BCUT2D eigenvalue weighted by molar-refractivity contribution is 5.74. The Morgan fingerprint density at radius 1 is 1.82 bits per heavy atom. The van der Waals surface area contributed by atoms with E-state index in [0.717, 1.165) is 0 Å². The highest BCUT2D eigenvalue weighted by atomic mass is 16.7. The van der Waals surface area contributed by atoms with E-state index in [0.29, 0.717) is 0 Å². The molecule has 0 amide bonds. The maximum Gasteiger partial charge on any atom is 0.334 e. The minimum Gasteiger partial charge on any atom is -0.464 e. The average Bonchev–Trinajstić information content (AvgIpc) is 1.86. The summed E-state index contributed by atoms with van der Waals surface area (Å²) in [6.45, 7) is 3.22. The van der Waals surface area contributed by atoms with E-state index in [4.69, 9.17) is 0 Å². The van der Waals surface area contributed by atoms with E-state index < -0.39 is 17.0 Å². The fourth-order valence-electron chi connectivity index (χ4n) is 0.478. The number of carbonyl (C=O) groups excluding carboxylic acids is 1. The van der Waals surface area contributed by atoms with E-state index >= 15 is 0 Å². The lowest BCUT2D eigenvalue weighted by molar-refractivity contribution is -0.548. The lowest BCUT2D eigenvalue weighted by atomic mass is 10.4. The van der Waals surface area contributed by atoms with Gasteiger partial charge in [-0.2, -0.15) is 0 Å². The second-order valence-electron chi connectivity index (χ2n) is 1.86. The van der Waals surface area contributed by atoms with Crippen LogP contribution in [-0.2, 0) is 9.53 Å². The van der Waals surface area contributed by atoms with Gasteiger partial charge in [0.2, 0.25) is 0 Å². The Bertz CT molecular complexity index is 159. The van der Waals surface area contributed by atoms with Gasteiger partial charge < -0.3 is 4.74 Å². The Hall–Kier alpha value is -1.33. The molecule has 0 aliphatic heterocycles. The number of hydrazine groups is 1. The van der Waals surface area contributed by atoms with Gasteiger partial charge in [0.25, 0.3) is 0 Å². The van der Waals surface area contributed by atoms with Gasteiger partial charge in [-0.15, -0.1) is 5.43 Å². The van der Waals surface area contributed by atoms with Crippen LogP contribution in [0.3, 0.4) is 0 Å². The average molecular weight is 162 g/mol. The van der Waals surface area contributed by atoms with Gasteiger partial charge in [-0.3, -0.25) is 0 Å². The molecule has 0 aromatic rings. The largest absolute Gasteiger partial charge is 0.464 e. The highest BCUT2D eigenvalue weighted by Crippen LogP contribution is 1.86. The normalized spacial score (nSPS) is 11.8. The van der Waals surface area contributed by atoms with Crippen molar-refractivity contribution in [1.29, 1.82) is 0 Å². The quantitative estimate of drug-likeness (QED) is 0.349. The lowest BCUT2D eigenvalue weighted by Crippen LogP contribution is -2.38. The summed E-state index contributed by atoms with van der Waals surface area (Å²) >= 11 is 0. The zero-order valence-corrected chi connectivity index (χ0v) is 6.36.